The average molecular weight is 1160 g/mol. The number of hydrogen-bond donors (Lipinski definition) is 0. The molecule has 0 saturated heterocycles. The summed E-state index contributed by atoms with van der Waals surface area (Å²) in [6.07, 6.45) is 0. The number of para-hydroxylation sites is 2. The van der Waals surface area contributed by atoms with Crippen LogP contribution in [0.5, 0.6) is 0 Å². The Balaban J connectivity index is 0.835. The summed E-state index contributed by atoms with van der Waals surface area (Å²) < 4.78 is 4.83. The van der Waals surface area contributed by atoms with Crippen LogP contribution >= 0.6 is 0 Å². The standard InChI is InChI=1S/C88H59N3/c1-5-19-60(20-6-1)64-33-43-73(44-34-64)89(74-45-35-65(36-46-74)61-21-7-2-8-22-61)86-54-51-77(78-27-13-14-28-79(78)86)72-56-70(68-41-52-87-82(58-68)80-29-15-17-31-84(80)90(87)75-47-37-66(38-48-75)62-23-9-3-10-24-62)55-71(57-72)69-42-53-88-83(59-69)81-30-16-18-32-85(81)91(88)76-49-39-67(40-50-76)63-25-11-4-12-26-63/h1-59H. The van der Waals surface area contributed by atoms with Crippen molar-refractivity contribution in [1.82, 2.24) is 9.13 Å². The highest BCUT2D eigenvalue weighted by Crippen LogP contribution is 2.46. The maximum Gasteiger partial charge on any atom is 0.0541 e. The van der Waals surface area contributed by atoms with Crippen LogP contribution in [0.25, 0.3) is 144 Å². The Kier molecular flexibility index (Phi) is 13.2. The van der Waals surface area contributed by atoms with Gasteiger partial charge in [-0.15, -0.1) is 0 Å². The fraction of sp³-hybridized carbons (Fsp3) is 0. The lowest BCUT2D eigenvalue weighted by atomic mass is 9.90. The second kappa shape index (κ2) is 22.6. The van der Waals surface area contributed by atoms with E-state index in [4.69, 9.17) is 0 Å². The monoisotopic (exact) mass is 1160 g/mol. The summed E-state index contributed by atoms with van der Waals surface area (Å²) in [7, 11) is 0. The van der Waals surface area contributed by atoms with Crippen molar-refractivity contribution in [3.05, 3.63) is 358 Å². The molecular weight excluding hydrogens is 1100 g/mol. The summed E-state index contributed by atoms with van der Waals surface area (Å²) in [5, 5.41) is 7.18. The van der Waals surface area contributed by atoms with Crippen molar-refractivity contribution < 1.29 is 0 Å². The third-order valence-electron chi connectivity index (χ3n) is 18.3. The van der Waals surface area contributed by atoms with Crippen molar-refractivity contribution in [2.75, 3.05) is 4.90 Å². The van der Waals surface area contributed by atoms with Crippen LogP contribution in [0.4, 0.5) is 17.1 Å². The van der Waals surface area contributed by atoms with Gasteiger partial charge in [-0.25, -0.2) is 0 Å². The predicted molar refractivity (Wildman–Crippen MR) is 385 cm³/mol. The predicted octanol–water partition coefficient (Wildman–Crippen LogP) is 24.2. The lowest BCUT2D eigenvalue weighted by molar-refractivity contribution is 1.18. The molecule has 0 saturated carbocycles. The van der Waals surface area contributed by atoms with Crippen LogP contribution in [-0.2, 0) is 0 Å². The molecule has 3 nitrogen and oxygen atoms in total. The van der Waals surface area contributed by atoms with E-state index in [0.29, 0.717) is 0 Å². The molecule has 17 aromatic rings. The lowest BCUT2D eigenvalue weighted by Gasteiger charge is -2.28. The first-order valence-electron chi connectivity index (χ1n) is 31.3. The molecule has 3 heteroatoms. The molecule has 2 heterocycles. The third-order valence-corrected chi connectivity index (χ3v) is 18.3. The molecule has 0 aliphatic rings. The molecule has 17 rings (SSSR count). The Morgan fingerprint density at radius 2 is 0.484 bits per heavy atom. The van der Waals surface area contributed by atoms with E-state index >= 15 is 0 Å². The van der Waals surface area contributed by atoms with Gasteiger partial charge in [0, 0.05) is 49.7 Å². The molecular formula is C88H59N3. The minimum absolute atomic E-state index is 1.08. The number of fused-ring (bicyclic) bond motifs is 7. The Morgan fingerprint density at radius 1 is 0.176 bits per heavy atom. The quantitative estimate of drug-likeness (QED) is 0.119. The summed E-state index contributed by atoms with van der Waals surface area (Å²) in [6, 6.07) is 131. The number of anilines is 3. The van der Waals surface area contributed by atoms with Crippen LogP contribution in [0, 0.1) is 0 Å². The molecule has 0 spiro atoms. The van der Waals surface area contributed by atoms with Crippen molar-refractivity contribution in [3.8, 4) is 89.3 Å². The van der Waals surface area contributed by atoms with Gasteiger partial charge >= 0.3 is 0 Å². The molecule has 0 amide bonds. The second-order valence-corrected chi connectivity index (χ2v) is 23.6. The molecule has 2 aromatic heterocycles. The molecule has 91 heavy (non-hydrogen) atoms. The highest BCUT2D eigenvalue weighted by atomic mass is 15.1. The zero-order chi connectivity index (χ0) is 60.2. The first-order chi connectivity index (χ1) is 45.1. The number of rotatable bonds is 12. The Bertz CT molecular complexity index is 5210. The third kappa shape index (κ3) is 9.64. The molecule has 426 valence electrons. The van der Waals surface area contributed by atoms with Gasteiger partial charge in [-0.05, 0) is 192 Å². The van der Waals surface area contributed by atoms with Gasteiger partial charge in [0.1, 0.15) is 0 Å². The topological polar surface area (TPSA) is 13.1 Å². The van der Waals surface area contributed by atoms with E-state index in [9.17, 15) is 0 Å². The van der Waals surface area contributed by atoms with Crippen molar-refractivity contribution >= 4 is 71.4 Å². The molecule has 0 N–H and O–H groups in total. The SMILES string of the molecule is c1ccc(-c2ccc(N(c3ccc(-c4ccccc4)cc3)c3ccc(-c4cc(-c5ccc6c(c5)c5ccccc5n6-c5ccc(-c6ccccc6)cc5)cc(-c5ccc6c(c5)c5ccccc5n6-c5ccc(-c6ccccc6)cc5)c4)c4ccccc34)cc2)cc1. The van der Waals surface area contributed by atoms with Crippen LogP contribution in [0.15, 0.2) is 358 Å². The van der Waals surface area contributed by atoms with Gasteiger partial charge in [0.25, 0.3) is 0 Å². The molecule has 0 bridgehead atoms. The molecule has 0 unspecified atom stereocenters. The maximum atomic E-state index is 2.42. The van der Waals surface area contributed by atoms with Crippen LogP contribution in [0.1, 0.15) is 0 Å². The highest BCUT2D eigenvalue weighted by molar-refractivity contribution is 6.13. The fourth-order valence-corrected chi connectivity index (χ4v) is 13.9. The van der Waals surface area contributed by atoms with E-state index in [0.717, 1.165) is 67.2 Å². The van der Waals surface area contributed by atoms with E-state index in [1.165, 1.54) is 93.5 Å². The average Bonchev–Trinajstić information content (AvgIpc) is 1.74. The maximum absolute atomic E-state index is 2.42. The first kappa shape index (κ1) is 53.2. The Hall–Kier alpha value is -12.0. The summed E-state index contributed by atoms with van der Waals surface area (Å²) in [6.45, 7) is 0. The number of aromatic nitrogens is 2. The summed E-state index contributed by atoms with van der Waals surface area (Å²) in [5.74, 6) is 0. The summed E-state index contributed by atoms with van der Waals surface area (Å²) in [5.41, 5.74) is 26.7. The van der Waals surface area contributed by atoms with Crippen molar-refractivity contribution in [3.63, 3.8) is 0 Å². The van der Waals surface area contributed by atoms with Gasteiger partial charge in [0.05, 0.1) is 27.8 Å². The summed E-state index contributed by atoms with van der Waals surface area (Å²) in [4.78, 5) is 2.42. The van der Waals surface area contributed by atoms with Gasteiger partial charge in [-0.3, -0.25) is 0 Å². The minimum Gasteiger partial charge on any atom is -0.310 e. The minimum atomic E-state index is 1.08. The number of benzene rings is 15. The van der Waals surface area contributed by atoms with Crippen LogP contribution in [0.3, 0.4) is 0 Å². The van der Waals surface area contributed by atoms with E-state index in [-0.39, 0.29) is 0 Å². The van der Waals surface area contributed by atoms with Gasteiger partial charge in [0.15, 0.2) is 0 Å². The van der Waals surface area contributed by atoms with Crippen LogP contribution in [-0.4, -0.2) is 9.13 Å². The van der Waals surface area contributed by atoms with Crippen LogP contribution < -0.4 is 4.90 Å². The molecule has 0 aliphatic carbocycles. The Labute approximate surface area is 529 Å². The van der Waals surface area contributed by atoms with E-state index < -0.39 is 0 Å². The smallest absolute Gasteiger partial charge is 0.0541 e. The molecule has 0 aliphatic heterocycles. The van der Waals surface area contributed by atoms with Gasteiger partial charge in [-0.2, -0.15) is 0 Å². The molecule has 0 atom stereocenters. The first-order valence-corrected chi connectivity index (χ1v) is 31.3. The summed E-state index contributed by atoms with van der Waals surface area (Å²) >= 11 is 0. The lowest BCUT2D eigenvalue weighted by Crippen LogP contribution is -2.10. The van der Waals surface area contributed by atoms with Gasteiger partial charge in [-0.1, -0.05) is 249 Å². The van der Waals surface area contributed by atoms with Gasteiger partial charge < -0.3 is 14.0 Å². The van der Waals surface area contributed by atoms with E-state index in [1.54, 1.807) is 0 Å². The second-order valence-electron chi connectivity index (χ2n) is 23.6. The van der Waals surface area contributed by atoms with Crippen molar-refractivity contribution in [2.24, 2.45) is 0 Å². The number of hydrogen-bond acceptors (Lipinski definition) is 1. The molecule has 0 radical (unpaired) electrons. The number of nitrogens with zero attached hydrogens (tertiary/aromatic N) is 3. The molecule has 15 aromatic carbocycles. The highest BCUT2D eigenvalue weighted by Gasteiger charge is 2.21. The van der Waals surface area contributed by atoms with Crippen molar-refractivity contribution in [1.29, 1.82) is 0 Å². The zero-order valence-electron chi connectivity index (χ0n) is 49.9. The normalized spacial score (nSPS) is 11.5. The largest absolute Gasteiger partial charge is 0.310 e. The van der Waals surface area contributed by atoms with Crippen LogP contribution in [0.2, 0.25) is 0 Å². The molecule has 0 fully saturated rings. The van der Waals surface area contributed by atoms with Gasteiger partial charge in [0.2, 0.25) is 0 Å². The fourth-order valence-electron chi connectivity index (χ4n) is 13.9. The van der Waals surface area contributed by atoms with E-state index in [2.05, 4.69) is 372 Å². The van der Waals surface area contributed by atoms with E-state index in [1.807, 2.05) is 0 Å². The Morgan fingerprint density at radius 3 is 0.890 bits per heavy atom. The zero-order valence-corrected chi connectivity index (χ0v) is 49.9. The van der Waals surface area contributed by atoms with Crippen molar-refractivity contribution in [2.45, 2.75) is 0 Å².